The minimum absolute atomic E-state index is 0.0450. The molecule has 0 aliphatic heterocycles. The zero-order valence-corrected chi connectivity index (χ0v) is 9.80. The van der Waals surface area contributed by atoms with Crippen molar-refractivity contribution in [3.05, 3.63) is 59.4 Å². The quantitative estimate of drug-likeness (QED) is 0.616. The van der Waals surface area contributed by atoms with Crippen LogP contribution in [0.25, 0.3) is 0 Å². The van der Waals surface area contributed by atoms with Gasteiger partial charge in [-0.15, -0.1) is 0 Å². The van der Waals surface area contributed by atoms with Crippen molar-refractivity contribution in [1.82, 2.24) is 15.6 Å². The van der Waals surface area contributed by atoms with Gasteiger partial charge in [0.25, 0.3) is 0 Å². The summed E-state index contributed by atoms with van der Waals surface area (Å²) >= 11 is 0. The van der Waals surface area contributed by atoms with E-state index in [0.717, 1.165) is 17.5 Å². The Kier molecular flexibility index (Phi) is 3.80. The molecule has 0 aliphatic rings. The van der Waals surface area contributed by atoms with E-state index in [9.17, 15) is 0 Å². The predicted molar refractivity (Wildman–Crippen MR) is 67.0 cm³/mol. The molecule has 88 valence electrons. The lowest BCUT2D eigenvalue weighted by Gasteiger charge is -2.16. The summed E-state index contributed by atoms with van der Waals surface area (Å²) < 4.78 is 0. The lowest BCUT2D eigenvalue weighted by Crippen LogP contribution is -2.28. The van der Waals surface area contributed by atoms with E-state index in [-0.39, 0.29) is 6.04 Å². The predicted octanol–water partition coefficient (Wildman–Crippen LogP) is 1.59. The maximum absolute atomic E-state index is 5.61. The fourth-order valence-corrected chi connectivity index (χ4v) is 1.80. The molecule has 3 N–H and O–H groups in total. The fourth-order valence-electron chi connectivity index (χ4n) is 1.80. The first-order valence-corrected chi connectivity index (χ1v) is 5.66. The maximum Gasteiger partial charge on any atom is 0.0726 e. The van der Waals surface area contributed by atoms with Crippen LogP contribution in [0.3, 0.4) is 0 Å². The van der Waals surface area contributed by atoms with Crippen molar-refractivity contribution in [2.24, 2.45) is 5.84 Å². The maximum atomic E-state index is 5.61. The molecule has 17 heavy (non-hydrogen) atoms. The first kappa shape index (κ1) is 11.7. The number of nitrogens with zero attached hydrogens (tertiary/aromatic N) is 2. The first-order chi connectivity index (χ1) is 8.35. The van der Waals surface area contributed by atoms with Crippen LogP contribution in [0.15, 0.2) is 42.7 Å². The molecule has 0 radical (unpaired) electrons. The van der Waals surface area contributed by atoms with E-state index in [1.54, 1.807) is 12.4 Å². The lowest BCUT2D eigenvalue weighted by molar-refractivity contribution is 0.632. The van der Waals surface area contributed by atoms with Gasteiger partial charge in [-0.2, -0.15) is 10.2 Å². The van der Waals surface area contributed by atoms with Crippen molar-refractivity contribution < 1.29 is 0 Å². The Morgan fingerprint density at radius 3 is 2.41 bits per heavy atom. The molecule has 1 aromatic carbocycles. The van der Waals surface area contributed by atoms with E-state index < -0.39 is 0 Å². The molecule has 1 aromatic heterocycles. The van der Waals surface area contributed by atoms with E-state index >= 15 is 0 Å². The normalized spacial score (nSPS) is 12.4. The van der Waals surface area contributed by atoms with Crippen molar-refractivity contribution in [2.45, 2.75) is 19.4 Å². The van der Waals surface area contributed by atoms with Gasteiger partial charge < -0.3 is 0 Å². The number of benzene rings is 1. The zero-order valence-electron chi connectivity index (χ0n) is 9.80. The molecule has 4 heteroatoms. The van der Waals surface area contributed by atoms with Gasteiger partial charge in [0.2, 0.25) is 0 Å². The van der Waals surface area contributed by atoms with E-state index in [0.29, 0.717) is 0 Å². The Morgan fingerprint density at radius 2 is 1.88 bits per heavy atom. The molecular formula is C13H16N4. The number of rotatable bonds is 4. The molecule has 2 aromatic rings. The Bertz CT molecular complexity index is 453. The van der Waals surface area contributed by atoms with Gasteiger partial charge >= 0.3 is 0 Å². The highest BCUT2D eigenvalue weighted by atomic mass is 15.2. The SMILES string of the molecule is CCc1ccc(C(NN)c2ccnnc2)cc1. The standard InChI is InChI=1S/C13H16N4/c1-2-10-3-5-11(6-4-10)13(17-14)12-7-8-15-16-9-12/h3-9,13,17H,2,14H2,1H3. The third-order valence-electron chi connectivity index (χ3n) is 2.83. The van der Waals surface area contributed by atoms with Crippen LogP contribution in [0, 0.1) is 0 Å². The van der Waals surface area contributed by atoms with Gasteiger partial charge in [0.05, 0.1) is 12.2 Å². The molecule has 1 atom stereocenters. The van der Waals surface area contributed by atoms with Crippen LogP contribution in [-0.2, 0) is 6.42 Å². The van der Waals surface area contributed by atoms with Gasteiger partial charge in [0.15, 0.2) is 0 Å². The number of hydrogen-bond acceptors (Lipinski definition) is 4. The van der Waals surface area contributed by atoms with Gasteiger partial charge in [-0.1, -0.05) is 31.2 Å². The van der Waals surface area contributed by atoms with Crippen LogP contribution in [0.2, 0.25) is 0 Å². The summed E-state index contributed by atoms with van der Waals surface area (Å²) in [6, 6.07) is 10.3. The van der Waals surface area contributed by atoms with Gasteiger partial charge in [0, 0.05) is 6.20 Å². The summed E-state index contributed by atoms with van der Waals surface area (Å²) in [4.78, 5) is 0. The number of nitrogens with one attached hydrogen (secondary N) is 1. The highest BCUT2D eigenvalue weighted by molar-refractivity contribution is 5.31. The smallest absolute Gasteiger partial charge is 0.0726 e. The van der Waals surface area contributed by atoms with Crippen LogP contribution >= 0.6 is 0 Å². The average Bonchev–Trinajstić information content (AvgIpc) is 2.42. The zero-order chi connectivity index (χ0) is 12.1. The van der Waals surface area contributed by atoms with Crippen molar-refractivity contribution in [1.29, 1.82) is 0 Å². The van der Waals surface area contributed by atoms with E-state index in [1.807, 2.05) is 6.07 Å². The molecule has 0 spiro atoms. The average molecular weight is 228 g/mol. The third-order valence-corrected chi connectivity index (χ3v) is 2.83. The number of nitrogens with two attached hydrogens (primary N) is 1. The molecule has 4 nitrogen and oxygen atoms in total. The molecular weight excluding hydrogens is 212 g/mol. The largest absolute Gasteiger partial charge is 0.271 e. The van der Waals surface area contributed by atoms with Crippen LogP contribution in [-0.4, -0.2) is 10.2 Å². The van der Waals surface area contributed by atoms with Crippen molar-refractivity contribution in [3.63, 3.8) is 0 Å². The van der Waals surface area contributed by atoms with E-state index in [2.05, 4.69) is 46.8 Å². The van der Waals surface area contributed by atoms with Crippen molar-refractivity contribution in [2.75, 3.05) is 0 Å². The van der Waals surface area contributed by atoms with Crippen LogP contribution < -0.4 is 11.3 Å². The topological polar surface area (TPSA) is 63.8 Å². The Morgan fingerprint density at radius 1 is 1.12 bits per heavy atom. The molecule has 0 aliphatic carbocycles. The summed E-state index contributed by atoms with van der Waals surface area (Å²) in [6.07, 6.45) is 4.43. The van der Waals surface area contributed by atoms with Gasteiger partial charge in [-0.05, 0) is 29.2 Å². The molecule has 2 rings (SSSR count). The number of hydrazine groups is 1. The number of hydrogen-bond donors (Lipinski definition) is 2. The van der Waals surface area contributed by atoms with Crippen molar-refractivity contribution >= 4 is 0 Å². The molecule has 0 fully saturated rings. The Hall–Kier alpha value is -1.78. The highest BCUT2D eigenvalue weighted by Gasteiger charge is 2.11. The second-order valence-corrected chi connectivity index (χ2v) is 3.87. The highest BCUT2D eigenvalue weighted by Crippen LogP contribution is 2.20. The second-order valence-electron chi connectivity index (χ2n) is 3.87. The minimum atomic E-state index is -0.0450. The molecule has 1 unspecified atom stereocenters. The van der Waals surface area contributed by atoms with E-state index in [4.69, 9.17) is 5.84 Å². The molecule has 0 saturated carbocycles. The van der Waals surface area contributed by atoms with Crippen LogP contribution in [0.1, 0.15) is 29.7 Å². The Labute approximate surface area is 101 Å². The summed E-state index contributed by atoms with van der Waals surface area (Å²) in [7, 11) is 0. The molecule has 0 bridgehead atoms. The third kappa shape index (κ3) is 2.67. The summed E-state index contributed by atoms with van der Waals surface area (Å²) in [5, 5.41) is 7.63. The first-order valence-electron chi connectivity index (χ1n) is 5.66. The Balaban J connectivity index is 2.29. The summed E-state index contributed by atoms with van der Waals surface area (Å²) in [5.41, 5.74) is 6.25. The molecule has 0 saturated heterocycles. The van der Waals surface area contributed by atoms with E-state index in [1.165, 1.54) is 5.56 Å². The van der Waals surface area contributed by atoms with Gasteiger partial charge in [-0.3, -0.25) is 5.84 Å². The number of aromatic nitrogens is 2. The van der Waals surface area contributed by atoms with Gasteiger partial charge in [0.1, 0.15) is 0 Å². The second kappa shape index (κ2) is 5.52. The molecule has 1 heterocycles. The summed E-state index contributed by atoms with van der Waals surface area (Å²) in [5.74, 6) is 5.61. The van der Waals surface area contributed by atoms with Crippen LogP contribution in [0.5, 0.6) is 0 Å². The monoisotopic (exact) mass is 228 g/mol. The minimum Gasteiger partial charge on any atom is -0.271 e. The lowest BCUT2D eigenvalue weighted by atomic mass is 9.99. The molecule has 0 amide bonds. The van der Waals surface area contributed by atoms with Crippen LogP contribution in [0.4, 0.5) is 0 Å². The fraction of sp³-hybridized carbons (Fsp3) is 0.231. The van der Waals surface area contributed by atoms with Crippen molar-refractivity contribution in [3.8, 4) is 0 Å². The summed E-state index contributed by atoms with van der Waals surface area (Å²) in [6.45, 7) is 2.14. The van der Waals surface area contributed by atoms with Gasteiger partial charge in [-0.25, -0.2) is 5.43 Å². The number of aryl methyl sites for hydroxylation is 1.